The highest BCUT2D eigenvalue weighted by atomic mass is 79.9. The molecule has 2 nitrogen and oxygen atoms in total. The quantitative estimate of drug-likeness (QED) is 0.316. The number of rotatable bonds is 13. The smallest absolute Gasteiger partial charge is 0.0205 e. The molecule has 2 N–H and O–H groups in total. The summed E-state index contributed by atoms with van der Waals surface area (Å²) in [4.78, 5) is 0. The average molecular weight is 462 g/mol. The summed E-state index contributed by atoms with van der Waals surface area (Å²) in [5.41, 5.74) is 2.90. The van der Waals surface area contributed by atoms with Crippen molar-refractivity contribution < 1.29 is 0 Å². The molecule has 1 rings (SSSR count). The standard InChI is InChI=1S/C23H40N2.BrH.ClH/c1-7-9-10-11-17-25-23(5,6)22(3,4)16-18-24-19-21-14-12-20(8-2)13-15-21;;/h8,12-15,24-25H,2,7,9-11,16-19H2,1,3-6H3;2*1H. The van der Waals surface area contributed by atoms with E-state index in [1.807, 2.05) is 6.08 Å². The zero-order chi connectivity index (χ0) is 18.8. The second kappa shape index (κ2) is 14.6. The molecule has 0 saturated carbocycles. The molecule has 0 saturated heterocycles. The largest absolute Gasteiger partial charge is 0.313 e. The maximum Gasteiger partial charge on any atom is 0.0205 e. The lowest BCUT2D eigenvalue weighted by Crippen LogP contribution is -2.52. The van der Waals surface area contributed by atoms with Crippen molar-refractivity contribution in [3.05, 3.63) is 42.0 Å². The van der Waals surface area contributed by atoms with E-state index < -0.39 is 0 Å². The Bertz CT molecular complexity index is 498. The molecule has 1 aromatic carbocycles. The molecule has 0 aromatic heterocycles. The number of benzene rings is 1. The fourth-order valence-electron chi connectivity index (χ4n) is 2.91. The molecule has 0 unspecified atom stereocenters. The predicted molar refractivity (Wildman–Crippen MR) is 130 cm³/mol. The lowest BCUT2D eigenvalue weighted by Gasteiger charge is -2.43. The van der Waals surface area contributed by atoms with Crippen LogP contribution in [0.4, 0.5) is 0 Å². The molecule has 0 atom stereocenters. The van der Waals surface area contributed by atoms with E-state index in [-0.39, 0.29) is 40.3 Å². The molecular weight excluding hydrogens is 420 g/mol. The molecule has 0 aliphatic heterocycles. The van der Waals surface area contributed by atoms with Crippen LogP contribution in [0.25, 0.3) is 6.08 Å². The molecule has 0 heterocycles. The molecular formula is C23H42BrClN2. The average Bonchev–Trinajstić information content (AvgIpc) is 2.59. The summed E-state index contributed by atoms with van der Waals surface area (Å²) in [5.74, 6) is 0. The van der Waals surface area contributed by atoms with E-state index in [1.165, 1.54) is 36.8 Å². The summed E-state index contributed by atoms with van der Waals surface area (Å²) in [6.45, 7) is 18.6. The molecule has 1 aromatic rings. The maximum atomic E-state index is 3.80. The predicted octanol–water partition coefficient (Wildman–Crippen LogP) is 6.78. The Morgan fingerprint density at radius 2 is 1.59 bits per heavy atom. The Kier molecular flexibility index (Phi) is 15.6. The highest BCUT2D eigenvalue weighted by Crippen LogP contribution is 2.33. The zero-order valence-corrected chi connectivity index (χ0v) is 20.6. The van der Waals surface area contributed by atoms with Crippen LogP contribution in [0.15, 0.2) is 30.8 Å². The Labute approximate surface area is 185 Å². The Balaban J connectivity index is 0. The first-order valence-corrected chi connectivity index (χ1v) is 9.99. The van der Waals surface area contributed by atoms with Crippen LogP contribution in [0.5, 0.6) is 0 Å². The van der Waals surface area contributed by atoms with Gasteiger partial charge in [0.05, 0.1) is 0 Å². The highest BCUT2D eigenvalue weighted by Gasteiger charge is 2.35. The number of nitrogens with one attached hydrogen (secondary N) is 2. The topological polar surface area (TPSA) is 24.1 Å². The normalized spacial score (nSPS) is 11.4. The lowest BCUT2D eigenvalue weighted by molar-refractivity contribution is 0.140. The summed E-state index contributed by atoms with van der Waals surface area (Å²) in [7, 11) is 0. The van der Waals surface area contributed by atoms with Gasteiger partial charge in [0.25, 0.3) is 0 Å². The Morgan fingerprint density at radius 1 is 0.963 bits per heavy atom. The molecule has 0 radical (unpaired) electrons. The maximum absolute atomic E-state index is 3.80. The number of hydrogen-bond acceptors (Lipinski definition) is 2. The van der Waals surface area contributed by atoms with Gasteiger partial charge >= 0.3 is 0 Å². The zero-order valence-electron chi connectivity index (χ0n) is 18.1. The van der Waals surface area contributed by atoms with E-state index >= 15 is 0 Å². The van der Waals surface area contributed by atoms with E-state index in [1.54, 1.807) is 0 Å². The van der Waals surface area contributed by atoms with Gasteiger partial charge in [-0.15, -0.1) is 29.4 Å². The van der Waals surface area contributed by atoms with Gasteiger partial charge in [-0.2, -0.15) is 0 Å². The van der Waals surface area contributed by atoms with Crippen molar-refractivity contribution >= 4 is 35.5 Å². The van der Waals surface area contributed by atoms with Gasteiger partial charge in [-0.25, -0.2) is 0 Å². The van der Waals surface area contributed by atoms with Crippen molar-refractivity contribution in [1.82, 2.24) is 10.6 Å². The van der Waals surface area contributed by atoms with Crippen molar-refractivity contribution in [1.29, 1.82) is 0 Å². The van der Waals surface area contributed by atoms with Crippen molar-refractivity contribution in [3.63, 3.8) is 0 Å². The summed E-state index contributed by atoms with van der Waals surface area (Å²) in [6, 6.07) is 8.60. The molecule has 4 heteroatoms. The van der Waals surface area contributed by atoms with E-state index in [9.17, 15) is 0 Å². The molecule has 0 amide bonds. The van der Waals surface area contributed by atoms with Gasteiger partial charge < -0.3 is 10.6 Å². The number of hydrogen-bond donors (Lipinski definition) is 2. The highest BCUT2D eigenvalue weighted by molar-refractivity contribution is 8.93. The van der Waals surface area contributed by atoms with E-state index in [0.29, 0.717) is 0 Å². The Hall–Kier alpha value is -0.350. The summed E-state index contributed by atoms with van der Waals surface area (Å²) < 4.78 is 0. The fraction of sp³-hybridized carbons (Fsp3) is 0.652. The van der Waals surface area contributed by atoms with E-state index in [4.69, 9.17) is 0 Å². The second-order valence-electron chi connectivity index (χ2n) is 8.37. The molecule has 0 fully saturated rings. The minimum absolute atomic E-state index is 0. The molecule has 0 aliphatic carbocycles. The monoisotopic (exact) mass is 460 g/mol. The van der Waals surface area contributed by atoms with Gasteiger partial charge in [0.1, 0.15) is 0 Å². The summed E-state index contributed by atoms with van der Waals surface area (Å²) >= 11 is 0. The number of halogens is 2. The minimum atomic E-state index is 0. The van der Waals surface area contributed by atoms with Crippen LogP contribution in [0.2, 0.25) is 0 Å². The number of unbranched alkanes of at least 4 members (excludes halogenated alkanes) is 3. The summed E-state index contributed by atoms with van der Waals surface area (Å²) in [5, 5.41) is 7.39. The third kappa shape index (κ3) is 10.7. The molecule has 0 aliphatic rings. The van der Waals surface area contributed by atoms with Gasteiger partial charge in [-0.1, -0.05) is 77.0 Å². The van der Waals surface area contributed by atoms with Crippen molar-refractivity contribution in [3.8, 4) is 0 Å². The van der Waals surface area contributed by atoms with Crippen LogP contribution >= 0.6 is 29.4 Å². The van der Waals surface area contributed by atoms with Gasteiger partial charge in [-0.3, -0.25) is 0 Å². The molecule has 0 bridgehead atoms. The van der Waals surface area contributed by atoms with E-state index in [2.05, 4.69) is 76.1 Å². The van der Waals surface area contributed by atoms with Crippen LogP contribution in [-0.2, 0) is 6.54 Å². The molecule has 158 valence electrons. The van der Waals surface area contributed by atoms with Gasteiger partial charge in [0.2, 0.25) is 0 Å². The van der Waals surface area contributed by atoms with Gasteiger partial charge in [-0.05, 0) is 56.3 Å². The van der Waals surface area contributed by atoms with Crippen LogP contribution in [0.3, 0.4) is 0 Å². The third-order valence-electron chi connectivity index (χ3n) is 5.76. The minimum Gasteiger partial charge on any atom is -0.313 e. The molecule has 0 spiro atoms. The van der Waals surface area contributed by atoms with Gasteiger partial charge in [0.15, 0.2) is 0 Å². The van der Waals surface area contributed by atoms with E-state index in [0.717, 1.165) is 26.1 Å². The van der Waals surface area contributed by atoms with Crippen LogP contribution in [-0.4, -0.2) is 18.6 Å². The first-order valence-electron chi connectivity index (χ1n) is 9.99. The first-order chi connectivity index (χ1) is 11.8. The van der Waals surface area contributed by atoms with Crippen LogP contribution < -0.4 is 10.6 Å². The van der Waals surface area contributed by atoms with Crippen molar-refractivity contribution in [2.24, 2.45) is 5.41 Å². The lowest BCUT2D eigenvalue weighted by atomic mass is 9.72. The molecule has 27 heavy (non-hydrogen) atoms. The second-order valence-corrected chi connectivity index (χ2v) is 8.37. The van der Waals surface area contributed by atoms with Crippen molar-refractivity contribution in [2.75, 3.05) is 13.1 Å². The summed E-state index contributed by atoms with van der Waals surface area (Å²) in [6.07, 6.45) is 8.32. The van der Waals surface area contributed by atoms with Gasteiger partial charge in [0, 0.05) is 12.1 Å². The third-order valence-corrected chi connectivity index (χ3v) is 5.76. The van der Waals surface area contributed by atoms with Crippen LogP contribution in [0, 0.1) is 5.41 Å². The van der Waals surface area contributed by atoms with Crippen molar-refractivity contribution in [2.45, 2.75) is 78.8 Å². The first kappa shape index (κ1) is 28.9. The van der Waals surface area contributed by atoms with Crippen LogP contribution in [0.1, 0.15) is 77.8 Å². The SMILES string of the molecule is Br.C=Cc1ccc(CNCCC(C)(C)C(C)(C)NCCCCCC)cc1.Cl. The Morgan fingerprint density at radius 3 is 2.15 bits per heavy atom. The fourth-order valence-corrected chi connectivity index (χ4v) is 2.91.